The van der Waals surface area contributed by atoms with Crippen LogP contribution in [0.3, 0.4) is 0 Å². The lowest BCUT2D eigenvalue weighted by Gasteiger charge is -2.18. The van der Waals surface area contributed by atoms with Gasteiger partial charge >= 0.3 is 0 Å². The molecule has 1 aromatic rings. The Morgan fingerprint density at radius 3 is 2.94 bits per heavy atom. The summed E-state index contributed by atoms with van der Waals surface area (Å²) in [5.41, 5.74) is 7.46. The third kappa shape index (κ3) is 2.39. The van der Waals surface area contributed by atoms with Gasteiger partial charge in [-0.3, -0.25) is 10.1 Å². The van der Waals surface area contributed by atoms with Crippen molar-refractivity contribution in [2.24, 2.45) is 11.7 Å². The van der Waals surface area contributed by atoms with Gasteiger partial charge in [-0.2, -0.15) is 0 Å². The highest BCUT2D eigenvalue weighted by molar-refractivity contribution is 5.64. The van der Waals surface area contributed by atoms with Crippen LogP contribution in [0.4, 0.5) is 11.4 Å². The van der Waals surface area contributed by atoms with Crippen molar-refractivity contribution in [1.82, 2.24) is 0 Å². The maximum atomic E-state index is 11.0. The lowest BCUT2D eigenvalue weighted by molar-refractivity contribution is -0.384. The van der Waals surface area contributed by atoms with E-state index >= 15 is 0 Å². The van der Waals surface area contributed by atoms with Crippen molar-refractivity contribution in [3.05, 3.63) is 33.9 Å². The van der Waals surface area contributed by atoms with Gasteiger partial charge in [0.25, 0.3) is 5.69 Å². The Hall–Kier alpha value is -1.62. The summed E-state index contributed by atoms with van der Waals surface area (Å²) >= 11 is 0. The second-order valence-corrected chi connectivity index (χ2v) is 4.59. The Balaban J connectivity index is 2.29. The highest BCUT2D eigenvalue weighted by Crippen LogP contribution is 2.32. The van der Waals surface area contributed by atoms with Crippen molar-refractivity contribution in [2.75, 3.05) is 24.5 Å². The highest BCUT2D eigenvalue weighted by Gasteiger charge is 2.26. The van der Waals surface area contributed by atoms with Crippen LogP contribution in [-0.2, 0) is 0 Å². The smallest absolute Gasteiger partial charge is 0.292 e. The molecule has 2 rings (SSSR count). The Morgan fingerprint density at radius 2 is 2.35 bits per heavy atom. The summed E-state index contributed by atoms with van der Waals surface area (Å²) < 4.78 is 0. The summed E-state index contributed by atoms with van der Waals surface area (Å²) in [6, 6.07) is 5.38. The fourth-order valence-electron chi connectivity index (χ4n) is 2.29. The average Bonchev–Trinajstić information content (AvgIpc) is 2.77. The number of rotatable bonds is 3. The van der Waals surface area contributed by atoms with Gasteiger partial charge in [0, 0.05) is 19.2 Å². The van der Waals surface area contributed by atoms with E-state index in [1.54, 1.807) is 6.07 Å². The number of hydrogen-bond donors (Lipinski definition) is 1. The van der Waals surface area contributed by atoms with E-state index in [-0.39, 0.29) is 10.6 Å². The first-order chi connectivity index (χ1) is 8.11. The molecule has 0 aromatic heterocycles. The third-order valence-corrected chi connectivity index (χ3v) is 3.29. The molecule has 0 aliphatic carbocycles. The second kappa shape index (κ2) is 4.71. The minimum Gasteiger partial charge on any atom is -0.366 e. The van der Waals surface area contributed by atoms with Gasteiger partial charge in [0.2, 0.25) is 0 Å². The quantitative estimate of drug-likeness (QED) is 0.639. The highest BCUT2D eigenvalue weighted by atomic mass is 16.6. The Labute approximate surface area is 100 Å². The number of nitro groups is 1. The summed E-state index contributed by atoms with van der Waals surface area (Å²) in [4.78, 5) is 12.8. The van der Waals surface area contributed by atoms with Crippen molar-refractivity contribution in [3.63, 3.8) is 0 Å². The average molecular weight is 235 g/mol. The molecule has 5 nitrogen and oxygen atoms in total. The number of aryl methyl sites for hydroxylation is 1. The van der Waals surface area contributed by atoms with Crippen LogP contribution in [0.1, 0.15) is 12.0 Å². The second-order valence-electron chi connectivity index (χ2n) is 4.59. The van der Waals surface area contributed by atoms with Crippen LogP contribution >= 0.6 is 0 Å². The van der Waals surface area contributed by atoms with E-state index in [0.717, 1.165) is 30.8 Å². The van der Waals surface area contributed by atoms with Crippen molar-refractivity contribution in [1.29, 1.82) is 0 Å². The monoisotopic (exact) mass is 235 g/mol. The Morgan fingerprint density at radius 1 is 1.59 bits per heavy atom. The van der Waals surface area contributed by atoms with E-state index in [4.69, 9.17) is 5.73 Å². The van der Waals surface area contributed by atoms with Crippen LogP contribution in [0.25, 0.3) is 0 Å². The maximum Gasteiger partial charge on any atom is 0.292 e. The number of hydrogen-bond acceptors (Lipinski definition) is 4. The summed E-state index contributed by atoms with van der Waals surface area (Å²) in [6.45, 7) is 4.19. The van der Waals surface area contributed by atoms with Crippen molar-refractivity contribution in [2.45, 2.75) is 13.3 Å². The molecule has 92 valence electrons. The molecular formula is C12H17N3O2. The Bertz CT molecular complexity index is 434. The van der Waals surface area contributed by atoms with E-state index in [1.165, 1.54) is 0 Å². The number of nitrogens with zero attached hydrogens (tertiary/aromatic N) is 2. The topological polar surface area (TPSA) is 72.4 Å². The van der Waals surface area contributed by atoms with E-state index in [2.05, 4.69) is 4.90 Å². The van der Waals surface area contributed by atoms with Crippen molar-refractivity contribution in [3.8, 4) is 0 Å². The summed E-state index contributed by atoms with van der Waals surface area (Å²) in [7, 11) is 0. The molecule has 0 bridgehead atoms. The molecule has 0 amide bonds. The van der Waals surface area contributed by atoms with E-state index < -0.39 is 0 Å². The molecule has 2 N–H and O–H groups in total. The normalized spacial score (nSPS) is 19.6. The molecule has 1 heterocycles. The minimum atomic E-state index is -0.307. The zero-order valence-electron chi connectivity index (χ0n) is 9.93. The van der Waals surface area contributed by atoms with Crippen LogP contribution in [0.15, 0.2) is 18.2 Å². The molecule has 1 fully saturated rings. The first-order valence-electron chi connectivity index (χ1n) is 5.82. The Kier molecular flexibility index (Phi) is 3.28. The molecule has 0 saturated carbocycles. The molecule has 1 aliphatic heterocycles. The lowest BCUT2D eigenvalue weighted by Crippen LogP contribution is -2.23. The van der Waals surface area contributed by atoms with E-state index in [0.29, 0.717) is 12.5 Å². The fourth-order valence-corrected chi connectivity index (χ4v) is 2.29. The first kappa shape index (κ1) is 11.9. The van der Waals surface area contributed by atoms with E-state index in [1.807, 2.05) is 19.1 Å². The van der Waals surface area contributed by atoms with Gasteiger partial charge in [0.15, 0.2) is 0 Å². The molecule has 0 spiro atoms. The standard InChI is InChI=1S/C12H17N3O2/c1-9-2-3-11(12(6-9)15(16)17)14-5-4-10(7-13)8-14/h2-3,6,10H,4-5,7-8,13H2,1H3. The molecule has 1 unspecified atom stereocenters. The fraction of sp³-hybridized carbons (Fsp3) is 0.500. The molecule has 1 saturated heterocycles. The SMILES string of the molecule is Cc1ccc(N2CCC(CN)C2)c([N+](=O)[O-])c1. The molecular weight excluding hydrogens is 218 g/mol. The van der Waals surface area contributed by atoms with Crippen LogP contribution < -0.4 is 10.6 Å². The number of benzene rings is 1. The van der Waals surface area contributed by atoms with Gasteiger partial charge in [0.1, 0.15) is 5.69 Å². The van der Waals surface area contributed by atoms with Gasteiger partial charge in [-0.05, 0) is 37.4 Å². The molecule has 1 atom stereocenters. The largest absolute Gasteiger partial charge is 0.366 e. The first-order valence-corrected chi connectivity index (χ1v) is 5.82. The van der Waals surface area contributed by atoms with Gasteiger partial charge in [-0.25, -0.2) is 0 Å². The molecule has 0 radical (unpaired) electrons. The summed E-state index contributed by atoms with van der Waals surface area (Å²) in [5.74, 6) is 0.455. The number of nitro benzene ring substituents is 1. The molecule has 17 heavy (non-hydrogen) atoms. The lowest BCUT2D eigenvalue weighted by atomic mass is 10.1. The van der Waals surface area contributed by atoms with Gasteiger partial charge in [-0.1, -0.05) is 6.07 Å². The molecule has 1 aliphatic rings. The third-order valence-electron chi connectivity index (χ3n) is 3.29. The van der Waals surface area contributed by atoms with E-state index in [9.17, 15) is 10.1 Å². The van der Waals surface area contributed by atoms with Gasteiger partial charge in [0.05, 0.1) is 4.92 Å². The van der Waals surface area contributed by atoms with Crippen LogP contribution in [0, 0.1) is 23.0 Å². The molecule has 5 heteroatoms. The van der Waals surface area contributed by atoms with Gasteiger partial charge in [-0.15, -0.1) is 0 Å². The predicted octanol–water partition coefficient (Wildman–Crippen LogP) is 1.69. The maximum absolute atomic E-state index is 11.0. The zero-order chi connectivity index (χ0) is 12.4. The van der Waals surface area contributed by atoms with Crippen molar-refractivity contribution < 1.29 is 4.92 Å². The van der Waals surface area contributed by atoms with Crippen LogP contribution in [0.5, 0.6) is 0 Å². The van der Waals surface area contributed by atoms with Gasteiger partial charge < -0.3 is 10.6 Å². The molecule has 1 aromatic carbocycles. The summed E-state index contributed by atoms with van der Waals surface area (Å²) in [5, 5.41) is 11.0. The van der Waals surface area contributed by atoms with Crippen molar-refractivity contribution >= 4 is 11.4 Å². The number of nitrogens with two attached hydrogens (primary N) is 1. The minimum absolute atomic E-state index is 0.197. The summed E-state index contributed by atoms with van der Waals surface area (Å²) in [6.07, 6.45) is 1.02. The predicted molar refractivity (Wildman–Crippen MR) is 67.2 cm³/mol. The zero-order valence-corrected chi connectivity index (χ0v) is 9.93. The van der Waals surface area contributed by atoms with Crippen LogP contribution in [0.2, 0.25) is 0 Å². The number of anilines is 1. The van der Waals surface area contributed by atoms with Crippen LogP contribution in [-0.4, -0.2) is 24.6 Å².